The molecular formula is C7H7N3O2. The fourth-order valence-corrected chi connectivity index (χ4v) is 0.658. The van der Waals surface area contributed by atoms with Gasteiger partial charge in [0, 0.05) is 6.07 Å². The Morgan fingerprint density at radius 2 is 2.17 bits per heavy atom. The molecule has 0 spiro atoms. The summed E-state index contributed by atoms with van der Waals surface area (Å²) in [6, 6.07) is 1.13. The van der Waals surface area contributed by atoms with E-state index in [2.05, 4.69) is 22.0 Å². The highest BCUT2D eigenvalue weighted by Crippen LogP contribution is 1.76. The highest BCUT2D eigenvalue weighted by molar-refractivity contribution is 5.30. The lowest BCUT2D eigenvalue weighted by Crippen LogP contribution is -2.20. The molecule has 0 aliphatic rings. The molecule has 0 atom stereocenters. The van der Waals surface area contributed by atoms with Crippen molar-refractivity contribution in [2.45, 2.75) is 0 Å². The van der Waals surface area contributed by atoms with E-state index in [9.17, 15) is 9.59 Å². The molecule has 0 aromatic carbocycles. The zero-order chi connectivity index (χ0) is 8.97. The van der Waals surface area contributed by atoms with Crippen molar-refractivity contribution in [3.63, 3.8) is 0 Å². The van der Waals surface area contributed by atoms with Crippen molar-refractivity contribution in [2.75, 3.05) is 6.54 Å². The second-order valence-corrected chi connectivity index (χ2v) is 2.01. The summed E-state index contributed by atoms with van der Waals surface area (Å²) in [5.41, 5.74) is 4.41. The van der Waals surface area contributed by atoms with Gasteiger partial charge in [-0.3, -0.25) is 19.8 Å². The van der Waals surface area contributed by atoms with Gasteiger partial charge in [0.25, 0.3) is 11.1 Å². The zero-order valence-electron chi connectivity index (χ0n) is 6.18. The molecule has 0 aliphatic heterocycles. The Bertz CT molecular complexity index is 432. The maximum Gasteiger partial charge on any atom is 0.278 e. The molecule has 1 heterocycles. The summed E-state index contributed by atoms with van der Waals surface area (Å²) in [4.78, 5) is 21.6. The van der Waals surface area contributed by atoms with Gasteiger partial charge in [0.2, 0.25) is 0 Å². The highest BCUT2D eigenvalue weighted by atomic mass is 16.1. The van der Waals surface area contributed by atoms with E-state index in [1.807, 2.05) is 0 Å². The van der Waals surface area contributed by atoms with Gasteiger partial charge in [-0.05, 0) is 0 Å². The average Bonchev–Trinajstić information content (AvgIpc) is 2.07. The zero-order valence-corrected chi connectivity index (χ0v) is 6.18. The topological polar surface area (TPSA) is 91.7 Å². The maximum absolute atomic E-state index is 10.9. The summed E-state index contributed by atoms with van der Waals surface area (Å²) in [5.74, 6) is 4.95. The molecule has 0 amide bonds. The molecule has 4 N–H and O–H groups in total. The fourth-order valence-electron chi connectivity index (χ4n) is 0.658. The molecule has 1 aromatic heterocycles. The van der Waals surface area contributed by atoms with Crippen LogP contribution in [0.2, 0.25) is 0 Å². The van der Waals surface area contributed by atoms with Crippen molar-refractivity contribution in [1.82, 2.24) is 10.2 Å². The molecule has 0 radical (unpaired) electrons. The van der Waals surface area contributed by atoms with Crippen LogP contribution in [0.25, 0.3) is 0 Å². The largest absolute Gasteiger partial charge is 0.320 e. The van der Waals surface area contributed by atoms with E-state index in [1.54, 1.807) is 0 Å². The number of nitrogens with two attached hydrogens (primary N) is 1. The molecule has 0 aliphatic carbocycles. The predicted molar refractivity (Wildman–Crippen MR) is 43.6 cm³/mol. The summed E-state index contributed by atoms with van der Waals surface area (Å²) in [7, 11) is 0. The molecule has 0 unspecified atom stereocenters. The molecule has 12 heavy (non-hydrogen) atoms. The van der Waals surface area contributed by atoms with Crippen LogP contribution >= 0.6 is 0 Å². The van der Waals surface area contributed by atoms with Crippen molar-refractivity contribution in [3.8, 4) is 11.8 Å². The first-order chi connectivity index (χ1) is 5.74. The van der Waals surface area contributed by atoms with Crippen molar-refractivity contribution < 1.29 is 0 Å². The molecule has 62 valence electrons. The van der Waals surface area contributed by atoms with E-state index in [1.165, 1.54) is 0 Å². The lowest BCUT2D eigenvalue weighted by molar-refractivity contribution is 0.946. The Morgan fingerprint density at radius 3 is 2.83 bits per heavy atom. The highest BCUT2D eigenvalue weighted by Gasteiger charge is 1.93. The molecule has 0 saturated carbocycles. The summed E-state index contributed by atoms with van der Waals surface area (Å²) < 4.78 is 0. The van der Waals surface area contributed by atoms with Crippen LogP contribution in [0.1, 0.15) is 5.56 Å². The van der Waals surface area contributed by atoms with Gasteiger partial charge in [0.05, 0.1) is 12.1 Å². The van der Waals surface area contributed by atoms with Gasteiger partial charge in [-0.15, -0.1) is 0 Å². The van der Waals surface area contributed by atoms with E-state index >= 15 is 0 Å². The minimum Gasteiger partial charge on any atom is -0.320 e. The first-order valence-electron chi connectivity index (χ1n) is 3.25. The third kappa shape index (κ3) is 1.84. The lowest BCUT2D eigenvalue weighted by atomic mass is 10.3. The molecular weight excluding hydrogens is 158 g/mol. The Balaban J connectivity index is 3.24. The summed E-state index contributed by atoms with van der Waals surface area (Å²) in [6.45, 7) is 0.159. The molecule has 0 fully saturated rings. The summed E-state index contributed by atoms with van der Waals surface area (Å²) in [6.07, 6.45) is 0. The minimum atomic E-state index is -0.421. The van der Waals surface area contributed by atoms with Crippen LogP contribution in [0.5, 0.6) is 0 Å². The van der Waals surface area contributed by atoms with Crippen LogP contribution in [0.15, 0.2) is 15.7 Å². The van der Waals surface area contributed by atoms with E-state index in [0.717, 1.165) is 6.07 Å². The first-order valence-corrected chi connectivity index (χ1v) is 3.25. The summed E-state index contributed by atoms with van der Waals surface area (Å²) >= 11 is 0. The first kappa shape index (κ1) is 8.30. The van der Waals surface area contributed by atoms with Gasteiger partial charge in [0.15, 0.2) is 0 Å². The van der Waals surface area contributed by atoms with E-state index in [4.69, 9.17) is 5.73 Å². The van der Waals surface area contributed by atoms with Gasteiger partial charge in [-0.25, -0.2) is 0 Å². The number of aromatic nitrogens is 2. The number of H-pyrrole nitrogens is 2. The molecule has 1 rings (SSSR count). The molecule has 5 nitrogen and oxygen atoms in total. The van der Waals surface area contributed by atoms with Crippen molar-refractivity contribution in [3.05, 3.63) is 32.3 Å². The third-order valence-corrected chi connectivity index (χ3v) is 1.14. The van der Waals surface area contributed by atoms with E-state index in [-0.39, 0.29) is 12.1 Å². The predicted octanol–water partition coefficient (Wildman–Crippen LogP) is -1.63. The minimum absolute atomic E-state index is 0.129. The monoisotopic (exact) mass is 165 g/mol. The smallest absolute Gasteiger partial charge is 0.278 e. The van der Waals surface area contributed by atoms with Gasteiger partial charge in [-0.2, -0.15) is 0 Å². The second kappa shape index (κ2) is 3.55. The third-order valence-electron chi connectivity index (χ3n) is 1.14. The quantitative estimate of drug-likeness (QED) is 0.403. The lowest BCUT2D eigenvalue weighted by Gasteiger charge is -1.85. The van der Waals surface area contributed by atoms with Crippen LogP contribution < -0.4 is 16.9 Å². The Kier molecular flexibility index (Phi) is 2.46. The average molecular weight is 165 g/mol. The maximum atomic E-state index is 10.9. The van der Waals surface area contributed by atoms with Gasteiger partial charge < -0.3 is 5.73 Å². The normalized spacial score (nSPS) is 8.75. The Morgan fingerprint density at radius 1 is 1.42 bits per heavy atom. The van der Waals surface area contributed by atoms with Crippen LogP contribution in [0.3, 0.4) is 0 Å². The Labute approximate surface area is 67.6 Å². The van der Waals surface area contributed by atoms with Gasteiger partial charge >= 0.3 is 0 Å². The van der Waals surface area contributed by atoms with Crippen molar-refractivity contribution in [2.24, 2.45) is 5.73 Å². The van der Waals surface area contributed by atoms with Crippen LogP contribution in [0, 0.1) is 11.8 Å². The van der Waals surface area contributed by atoms with Gasteiger partial charge in [-0.1, -0.05) is 11.8 Å². The molecule has 5 heteroatoms. The number of nitrogens with one attached hydrogen (secondary N) is 2. The fraction of sp³-hybridized carbons (Fsp3) is 0.143. The Hall–Kier alpha value is -1.80. The van der Waals surface area contributed by atoms with Gasteiger partial charge in [0.1, 0.15) is 0 Å². The molecule has 1 aromatic rings. The van der Waals surface area contributed by atoms with E-state index in [0.29, 0.717) is 0 Å². The van der Waals surface area contributed by atoms with Crippen LogP contribution in [-0.2, 0) is 0 Å². The van der Waals surface area contributed by atoms with Crippen molar-refractivity contribution >= 4 is 0 Å². The van der Waals surface area contributed by atoms with Crippen molar-refractivity contribution in [1.29, 1.82) is 0 Å². The molecule has 0 bridgehead atoms. The SMILES string of the molecule is NCC#Cc1cc(=O)[nH][nH]c1=O. The van der Waals surface area contributed by atoms with E-state index < -0.39 is 11.1 Å². The number of rotatable bonds is 0. The second-order valence-electron chi connectivity index (χ2n) is 2.01. The standard InChI is InChI=1S/C7H7N3O2/c8-3-1-2-5-4-6(11)9-10-7(5)12/h4H,3,8H2,(H,9,11)(H,10,12). The number of aromatic amines is 2. The van der Waals surface area contributed by atoms with Crippen LogP contribution in [0.4, 0.5) is 0 Å². The molecule has 0 saturated heterocycles. The van der Waals surface area contributed by atoms with Crippen LogP contribution in [-0.4, -0.2) is 16.7 Å². The number of hydrogen-bond donors (Lipinski definition) is 3. The number of hydrogen-bond acceptors (Lipinski definition) is 3. The summed E-state index contributed by atoms with van der Waals surface area (Å²) in [5, 5.41) is 4.26.